The van der Waals surface area contributed by atoms with Crippen LogP contribution in [0.2, 0.25) is 5.02 Å². The number of halogens is 1. The molecule has 2 aromatic heterocycles. The first-order chi connectivity index (χ1) is 14.1. The number of anilines is 1. The van der Waals surface area contributed by atoms with E-state index in [1.54, 1.807) is 28.8 Å². The van der Waals surface area contributed by atoms with Gasteiger partial charge in [0.25, 0.3) is 11.7 Å². The van der Waals surface area contributed by atoms with E-state index in [1.165, 1.54) is 7.11 Å². The number of nitrogens with zero attached hydrogens (tertiary/aromatic N) is 1. The topological polar surface area (TPSA) is 59.8 Å². The molecule has 5 nitrogen and oxygen atoms in total. The van der Waals surface area contributed by atoms with Gasteiger partial charge in [0.05, 0.1) is 12.1 Å². The van der Waals surface area contributed by atoms with Crippen LogP contribution < -0.4 is 10.1 Å². The van der Waals surface area contributed by atoms with Crippen molar-refractivity contribution in [2.24, 2.45) is 0 Å². The normalized spacial score (nSPS) is 10.7. The maximum atomic E-state index is 13.1. The van der Waals surface area contributed by atoms with Crippen LogP contribution in [-0.2, 0) is 4.79 Å². The molecule has 0 atom stereocenters. The predicted molar refractivity (Wildman–Crippen MR) is 114 cm³/mol. The van der Waals surface area contributed by atoms with Gasteiger partial charge in [0, 0.05) is 23.0 Å². The molecule has 6 heteroatoms. The van der Waals surface area contributed by atoms with Crippen LogP contribution in [0.3, 0.4) is 0 Å². The van der Waals surface area contributed by atoms with E-state index in [1.807, 2.05) is 54.6 Å². The van der Waals surface area contributed by atoms with E-state index < -0.39 is 11.7 Å². The summed E-state index contributed by atoms with van der Waals surface area (Å²) < 4.78 is 6.84. The minimum absolute atomic E-state index is 0.309. The largest absolute Gasteiger partial charge is 0.495 e. The number of ketones is 1. The van der Waals surface area contributed by atoms with E-state index in [2.05, 4.69) is 5.32 Å². The second kappa shape index (κ2) is 7.81. The van der Waals surface area contributed by atoms with Gasteiger partial charge in [-0.3, -0.25) is 9.59 Å². The molecule has 0 unspecified atom stereocenters. The Morgan fingerprint density at radius 1 is 0.966 bits per heavy atom. The maximum Gasteiger partial charge on any atom is 0.298 e. The number of rotatable bonds is 5. The number of Topliss-reactive ketones (excluding diaryl/α,β-unsaturated/α-hetero) is 1. The Balaban J connectivity index is 1.73. The number of benzene rings is 2. The van der Waals surface area contributed by atoms with Crippen LogP contribution in [0.4, 0.5) is 5.69 Å². The molecule has 29 heavy (non-hydrogen) atoms. The number of aromatic nitrogens is 1. The SMILES string of the molecule is COc1ccc(NC(=O)C(=O)c2c(-c3ccccc3)cc3ccccn23)cc1Cl. The molecule has 0 aliphatic rings. The fraction of sp³-hybridized carbons (Fsp3) is 0.0435. The molecule has 4 aromatic rings. The lowest BCUT2D eigenvalue weighted by Crippen LogP contribution is -2.24. The summed E-state index contributed by atoms with van der Waals surface area (Å²) in [6, 6.07) is 21.8. The van der Waals surface area contributed by atoms with Crippen molar-refractivity contribution in [1.82, 2.24) is 4.40 Å². The summed E-state index contributed by atoms with van der Waals surface area (Å²) in [6.07, 6.45) is 1.77. The molecule has 144 valence electrons. The van der Waals surface area contributed by atoms with Gasteiger partial charge in [0.15, 0.2) is 0 Å². The molecule has 2 aromatic carbocycles. The van der Waals surface area contributed by atoms with Crippen molar-refractivity contribution < 1.29 is 14.3 Å². The van der Waals surface area contributed by atoms with E-state index in [-0.39, 0.29) is 0 Å². The van der Waals surface area contributed by atoms with E-state index >= 15 is 0 Å². The number of fused-ring (bicyclic) bond motifs is 1. The zero-order chi connectivity index (χ0) is 20.4. The highest BCUT2D eigenvalue weighted by Crippen LogP contribution is 2.30. The Hall–Kier alpha value is -3.57. The Kier molecular flexibility index (Phi) is 5.06. The first-order valence-electron chi connectivity index (χ1n) is 8.93. The van der Waals surface area contributed by atoms with Crippen LogP contribution in [-0.4, -0.2) is 23.2 Å². The lowest BCUT2D eigenvalue weighted by molar-refractivity contribution is -0.112. The van der Waals surface area contributed by atoms with Crippen molar-refractivity contribution in [1.29, 1.82) is 0 Å². The van der Waals surface area contributed by atoms with Gasteiger partial charge in [-0.1, -0.05) is 48.0 Å². The van der Waals surface area contributed by atoms with Crippen LogP contribution in [0.5, 0.6) is 5.75 Å². The molecule has 0 spiro atoms. The van der Waals surface area contributed by atoms with Crippen molar-refractivity contribution in [3.63, 3.8) is 0 Å². The van der Waals surface area contributed by atoms with Crippen LogP contribution in [0, 0.1) is 0 Å². The fourth-order valence-corrected chi connectivity index (χ4v) is 3.49. The summed E-state index contributed by atoms with van der Waals surface area (Å²) >= 11 is 6.11. The molecule has 0 saturated carbocycles. The first-order valence-corrected chi connectivity index (χ1v) is 9.31. The van der Waals surface area contributed by atoms with E-state index in [9.17, 15) is 9.59 Å². The summed E-state index contributed by atoms with van der Waals surface area (Å²) in [4.78, 5) is 25.9. The lowest BCUT2D eigenvalue weighted by Gasteiger charge is -2.09. The van der Waals surface area contributed by atoms with E-state index in [0.717, 1.165) is 11.1 Å². The zero-order valence-corrected chi connectivity index (χ0v) is 16.3. The van der Waals surface area contributed by atoms with Crippen LogP contribution in [0.25, 0.3) is 16.6 Å². The lowest BCUT2D eigenvalue weighted by atomic mass is 10.0. The Morgan fingerprint density at radius 3 is 2.45 bits per heavy atom. The van der Waals surface area contributed by atoms with Gasteiger partial charge in [-0.2, -0.15) is 0 Å². The second-order valence-corrected chi connectivity index (χ2v) is 6.81. The molecule has 0 fully saturated rings. The highest BCUT2D eigenvalue weighted by molar-refractivity contribution is 6.47. The number of hydrogen-bond donors (Lipinski definition) is 1. The van der Waals surface area contributed by atoms with Crippen LogP contribution in [0.15, 0.2) is 79.0 Å². The molecule has 2 heterocycles. The molecular formula is C23H17ClN2O3. The van der Waals surface area contributed by atoms with Crippen molar-refractivity contribution >= 4 is 34.5 Å². The van der Waals surface area contributed by atoms with Crippen LogP contribution in [0.1, 0.15) is 10.5 Å². The summed E-state index contributed by atoms with van der Waals surface area (Å²) in [5.74, 6) is -0.894. The summed E-state index contributed by atoms with van der Waals surface area (Å²) in [5.41, 5.74) is 3.11. The first kappa shape index (κ1) is 18.8. The second-order valence-electron chi connectivity index (χ2n) is 6.40. The molecule has 0 radical (unpaired) electrons. The molecule has 1 amide bonds. The van der Waals surface area contributed by atoms with Gasteiger partial charge in [0.2, 0.25) is 0 Å². The maximum absolute atomic E-state index is 13.1. The zero-order valence-electron chi connectivity index (χ0n) is 15.6. The Bertz CT molecular complexity index is 1220. The van der Waals surface area contributed by atoms with Gasteiger partial charge in [-0.05, 0) is 42.0 Å². The Morgan fingerprint density at radius 2 is 1.72 bits per heavy atom. The third-order valence-electron chi connectivity index (χ3n) is 4.60. The molecule has 0 aliphatic heterocycles. The number of amides is 1. The Labute approximate surface area is 172 Å². The van der Waals surface area contributed by atoms with Gasteiger partial charge in [-0.25, -0.2) is 0 Å². The number of hydrogen-bond acceptors (Lipinski definition) is 3. The number of ether oxygens (including phenoxy) is 1. The van der Waals surface area contributed by atoms with Gasteiger partial charge < -0.3 is 14.5 Å². The molecule has 0 bridgehead atoms. The third-order valence-corrected chi connectivity index (χ3v) is 4.89. The third kappa shape index (κ3) is 3.60. The standard InChI is InChI=1S/C23H17ClN2O3/c1-29-20-11-10-16(13-19(20)24)25-23(28)22(27)21-18(15-7-3-2-4-8-15)14-17-9-5-6-12-26(17)21/h2-14H,1H3,(H,25,28). The van der Waals surface area contributed by atoms with Gasteiger partial charge in [0.1, 0.15) is 11.4 Å². The molecule has 0 saturated heterocycles. The van der Waals surface area contributed by atoms with Gasteiger partial charge >= 0.3 is 0 Å². The summed E-state index contributed by atoms with van der Waals surface area (Å²) in [5, 5.41) is 2.97. The van der Waals surface area contributed by atoms with E-state index in [0.29, 0.717) is 27.7 Å². The summed E-state index contributed by atoms with van der Waals surface area (Å²) in [6.45, 7) is 0. The average Bonchev–Trinajstić information content (AvgIpc) is 3.13. The average molecular weight is 405 g/mol. The number of pyridine rings is 1. The van der Waals surface area contributed by atoms with Crippen molar-refractivity contribution in [2.75, 3.05) is 12.4 Å². The highest BCUT2D eigenvalue weighted by atomic mass is 35.5. The minimum Gasteiger partial charge on any atom is -0.495 e. The molecule has 1 N–H and O–H groups in total. The smallest absolute Gasteiger partial charge is 0.298 e. The molecular weight excluding hydrogens is 388 g/mol. The predicted octanol–water partition coefficient (Wildman–Crippen LogP) is 5.09. The van der Waals surface area contributed by atoms with Crippen molar-refractivity contribution in [3.05, 3.63) is 89.7 Å². The molecule has 0 aliphatic carbocycles. The van der Waals surface area contributed by atoms with E-state index in [4.69, 9.17) is 16.3 Å². The van der Waals surface area contributed by atoms with Crippen molar-refractivity contribution in [3.8, 4) is 16.9 Å². The van der Waals surface area contributed by atoms with Gasteiger partial charge in [-0.15, -0.1) is 0 Å². The number of nitrogens with one attached hydrogen (secondary N) is 1. The molecule has 4 rings (SSSR count). The number of carbonyl (C=O) groups is 2. The number of methoxy groups -OCH3 is 1. The summed E-state index contributed by atoms with van der Waals surface area (Å²) in [7, 11) is 1.51. The van der Waals surface area contributed by atoms with Crippen LogP contribution >= 0.6 is 11.6 Å². The quantitative estimate of drug-likeness (QED) is 0.372. The fourth-order valence-electron chi connectivity index (χ4n) is 3.23. The van der Waals surface area contributed by atoms with Crippen molar-refractivity contribution in [2.45, 2.75) is 0 Å². The highest BCUT2D eigenvalue weighted by Gasteiger charge is 2.25. The number of carbonyl (C=O) groups excluding carboxylic acids is 2. The minimum atomic E-state index is -0.743. The monoisotopic (exact) mass is 404 g/mol.